The number of carbonyl (C=O) groups excluding carboxylic acids is 1. The molecule has 0 unspecified atom stereocenters. The third-order valence-corrected chi connectivity index (χ3v) is 3.82. The van der Waals surface area contributed by atoms with E-state index in [0.717, 1.165) is 17.7 Å². The summed E-state index contributed by atoms with van der Waals surface area (Å²) in [6.07, 6.45) is 2.55. The molecule has 0 atom stereocenters. The number of benzene rings is 2. The number of rotatable bonds is 6. The summed E-state index contributed by atoms with van der Waals surface area (Å²) in [4.78, 5) is 16.7. The van der Waals surface area contributed by atoms with Gasteiger partial charge in [-0.15, -0.1) is 0 Å². The van der Waals surface area contributed by atoms with Crippen molar-refractivity contribution in [3.8, 4) is 28.5 Å². The molecule has 0 saturated carbocycles. The maximum Gasteiger partial charge on any atom is 0.252 e. The average molecular weight is 336 g/mol. The lowest BCUT2D eigenvalue weighted by Crippen LogP contribution is -2.24. The molecule has 5 heteroatoms. The van der Waals surface area contributed by atoms with Crippen molar-refractivity contribution < 1.29 is 13.9 Å². The van der Waals surface area contributed by atoms with Crippen molar-refractivity contribution in [1.82, 2.24) is 10.3 Å². The molecule has 0 radical (unpaired) electrons. The van der Waals surface area contributed by atoms with Crippen LogP contribution >= 0.6 is 0 Å². The van der Waals surface area contributed by atoms with E-state index in [1.165, 1.54) is 0 Å². The van der Waals surface area contributed by atoms with Crippen LogP contribution in [-0.4, -0.2) is 24.5 Å². The zero-order chi connectivity index (χ0) is 17.6. The summed E-state index contributed by atoms with van der Waals surface area (Å²) < 4.78 is 11.1. The Kier molecular flexibility index (Phi) is 5.14. The average Bonchev–Trinajstić information content (AvgIpc) is 3.16. The maximum atomic E-state index is 12.4. The summed E-state index contributed by atoms with van der Waals surface area (Å²) >= 11 is 0. The minimum absolute atomic E-state index is 0.123. The van der Waals surface area contributed by atoms with Gasteiger partial charge in [-0.2, -0.15) is 0 Å². The van der Waals surface area contributed by atoms with Crippen LogP contribution in [0, 0.1) is 0 Å². The second kappa shape index (κ2) is 7.66. The lowest BCUT2D eigenvalue weighted by atomic mass is 10.1. The molecule has 0 spiro atoms. The van der Waals surface area contributed by atoms with E-state index in [-0.39, 0.29) is 5.91 Å². The summed E-state index contributed by atoms with van der Waals surface area (Å²) in [5, 5.41) is 2.89. The molecule has 5 nitrogen and oxygen atoms in total. The highest BCUT2D eigenvalue weighted by Crippen LogP contribution is 2.29. The molecule has 0 fully saturated rings. The number of nitrogens with one attached hydrogen (secondary N) is 1. The highest BCUT2D eigenvalue weighted by atomic mass is 16.5. The molecule has 0 aliphatic heterocycles. The quantitative estimate of drug-likeness (QED) is 0.734. The standard InChI is InChI=1S/C20H20N2O3/c1-3-12-21-19(23)16-6-4-5-7-17(16)20-22-13-18(25-20)14-8-10-15(24-2)11-9-14/h4-11,13H,3,12H2,1-2H3,(H,21,23). The fraction of sp³-hybridized carbons (Fsp3) is 0.200. The number of carbonyl (C=O) groups is 1. The highest BCUT2D eigenvalue weighted by molar-refractivity contribution is 6.00. The van der Waals surface area contributed by atoms with E-state index in [4.69, 9.17) is 9.15 Å². The summed E-state index contributed by atoms with van der Waals surface area (Å²) in [7, 11) is 1.63. The highest BCUT2D eigenvalue weighted by Gasteiger charge is 2.16. The second-order valence-electron chi connectivity index (χ2n) is 5.56. The monoisotopic (exact) mass is 336 g/mol. The number of amides is 1. The van der Waals surface area contributed by atoms with Gasteiger partial charge in [-0.1, -0.05) is 19.1 Å². The van der Waals surface area contributed by atoms with Gasteiger partial charge in [0.2, 0.25) is 5.89 Å². The van der Waals surface area contributed by atoms with Crippen LogP contribution < -0.4 is 10.1 Å². The Morgan fingerprint density at radius 3 is 2.64 bits per heavy atom. The number of methoxy groups -OCH3 is 1. The van der Waals surface area contributed by atoms with Crippen LogP contribution in [-0.2, 0) is 0 Å². The Bertz CT molecular complexity index is 853. The van der Waals surface area contributed by atoms with Gasteiger partial charge in [0.05, 0.1) is 18.9 Å². The Hall–Kier alpha value is -3.08. The topological polar surface area (TPSA) is 64.4 Å². The number of ether oxygens (including phenoxy) is 1. The first-order valence-corrected chi connectivity index (χ1v) is 8.20. The van der Waals surface area contributed by atoms with E-state index in [0.29, 0.717) is 29.3 Å². The Labute approximate surface area is 146 Å². The number of nitrogens with zero attached hydrogens (tertiary/aromatic N) is 1. The SMILES string of the molecule is CCCNC(=O)c1ccccc1-c1ncc(-c2ccc(OC)cc2)o1. The maximum absolute atomic E-state index is 12.4. The van der Waals surface area contributed by atoms with Crippen LogP contribution in [0.5, 0.6) is 5.75 Å². The molecule has 3 rings (SSSR count). The van der Waals surface area contributed by atoms with Gasteiger partial charge in [-0.25, -0.2) is 4.98 Å². The van der Waals surface area contributed by atoms with Gasteiger partial charge in [-0.05, 0) is 42.8 Å². The van der Waals surface area contributed by atoms with E-state index in [2.05, 4.69) is 10.3 Å². The summed E-state index contributed by atoms with van der Waals surface area (Å²) in [6.45, 7) is 2.65. The molecule has 0 bridgehead atoms. The van der Waals surface area contributed by atoms with Gasteiger partial charge >= 0.3 is 0 Å². The zero-order valence-corrected chi connectivity index (χ0v) is 14.3. The Morgan fingerprint density at radius 1 is 1.16 bits per heavy atom. The fourth-order valence-electron chi connectivity index (χ4n) is 2.49. The van der Waals surface area contributed by atoms with Crippen molar-refractivity contribution in [3.05, 3.63) is 60.3 Å². The number of aromatic nitrogens is 1. The Morgan fingerprint density at radius 2 is 1.92 bits per heavy atom. The second-order valence-corrected chi connectivity index (χ2v) is 5.56. The molecule has 1 amide bonds. The smallest absolute Gasteiger partial charge is 0.252 e. The van der Waals surface area contributed by atoms with E-state index in [1.807, 2.05) is 49.4 Å². The van der Waals surface area contributed by atoms with Crippen LogP contribution in [0.2, 0.25) is 0 Å². The first-order chi connectivity index (χ1) is 12.2. The first kappa shape index (κ1) is 16.8. The van der Waals surface area contributed by atoms with Gasteiger partial charge < -0.3 is 14.5 Å². The minimum atomic E-state index is -0.123. The molecule has 0 aliphatic carbocycles. The molecule has 25 heavy (non-hydrogen) atoms. The predicted octanol–water partition coefficient (Wildman–Crippen LogP) is 4.16. The van der Waals surface area contributed by atoms with Crippen LogP contribution in [0.3, 0.4) is 0 Å². The number of oxazole rings is 1. The lowest BCUT2D eigenvalue weighted by Gasteiger charge is -2.07. The molecule has 1 aromatic heterocycles. The van der Waals surface area contributed by atoms with Gasteiger partial charge in [0.15, 0.2) is 5.76 Å². The largest absolute Gasteiger partial charge is 0.497 e. The van der Waals surface area contributed by atoms with Gasteiger partial charge in [0.25, 0.3) is 5.91 Å². The molecule has 128 valence electrons. The van der Waals surface area contributed by atoms with Crippen molar-refractivity contribution in [3.63, 3.8) is 0 Å². The van der Waals surface area contributed by atoms with E-state index >= 15 is 0 Å². The normalized spacial score (nSPS) is 10.5. The molecule has 1 N–H and O–H groups in total. The molecule has 0 saturated heterocycles. The summed E-state index contributed by atoms with van der Waals surface area (Å²) in [6, 6.07) is 14.8. The summed E-state index contributed by atoms with van der Waals surface area (Å²) in [5.41, 5.74) is 2.13. The number of hydrogen-bond donors (Lipinski definition) is 1. The fourth-order valence-corrected chi connectivity index (χ4v) is 2.49. The third-order valence-electron chi connectivity index (χ3n) is 3.82. The van der Waals surface area contributed by atoms with Gasteiger partial charge in [-0.3, -0.25) is 4.79 Å². The van der Waals surface area contributed by atoms with Crippen LogP contribution in [0.25, 0.3) is 22.8 Å². The molecule has 2 aromatic carbocycles. The first-order valence-electron chi connectivity index (χ1n) is 8.20. The van der Waals surface area contributed by atoms with Crippen LogP contribution in [0.4, 0.5) is 0 Å². The van der Waals surface area contributed by atoms with Crippen LogP contribution in [0.1, 0.15) is 23.7 Å². The van der Waals surface area contributed by atoms with Crippen molar-refractivity contribution >= 4 is 5.91 Å². The Balaban J connectivity index is 1.90. The third kappa shape index (κ3) is 3.71. The molecule has 3 aromatic rings. The minimum Gasteiger partial charge on any atom is -0.497 e. The summed E-state index contributed by atoms with van der Waals surface area (Å²) in [5.74, 6) is 1.72. The van der Waals surface area contributed by atoms with Crippen LogP contribution in [0.15, 0.2) is 59.1 Å². The lowest BCUT2D eigenvalue weighted by molar-refractivity contribution is 0.0954. The van der Waals surface area contributed by atoms with Crippen molar-refractivity contribution in [2.45, 2.75) is 13.3 Å². The van der Waals surface area contributed by atoms with Crippen molar-refractivity contribution in [1.29, 1.82) is 0 Å². The van der Waals surface area contributed by atoms with Gasteiger partial charge in [0, 0.05) is 17.7 Å². The van der Waals surface area contributed by atoms with E-state index in [9.17, 15) is 4.79 Å². The molecular formula is C20H20N2O3. The molecule has 0 aliphatic rings. The molecule has 1 heterocycles. The molecular weight excluding hydrogens is 316 g/mol. The van der Waals surface area contributed by atoms with E-state index in [1.54, 1.807) is 19.4 Å². The van der Waals surface area contributed by atoms with Crippen molar-refractivity contribution in [2.24, 2.45) is 0 Å². The number of hydrogen-bond acceptors (Lipinski definition) is 4. The predicted molar refractivity (Wildman–Crippen MR) is 96.6 cm³/mol. The van der Waals surface area contributed by atoms with Crippen molar-refractivity contribution in [2.75, 3.05) is 13.7 Å². The van der Waals surface area contributed by atoms with Gasteiger partial charge in [0.1, 0.15) is 5.75 Å². The van der Waals surface area contributed by atoms with E-state index < -0.39 is 0 Å². The zero-order valence-electron chi connectivity index (χ0n) is 14.3.